The van der Waals surface area contributed by atoms with Gasteiger partial charge >= 0.3 is 6.03 Å². The molecule has 18 heavy (non-hydrogen) atoms. The van der Waals surface area contributed by atoms with E-state index in [4.69, 9.17) is 5.11 Å². The van der Waals surface area contributed by atoms with Crippen molar-refractivity contribution in [2.75, 3.05) is 31.6 Å². The van der Waals surface area contributed by atoms with Crippen molar-refractivity contribution >= 4 is 11.7 Å². The highest BCUT2D eigenvalue weighted by atomic mass is 16.3. The van der Waals surface area contributed by atoms with Crippen LogP contribution >= 0.6 is 0 Å². The number of nitrogens with zero attached hydrogens (tertiary/aromatic N) is 1. The lowest BCUT2D eigenvalue weighted by Gasteiger charge is -2.27. The largest absolute Gasteiger partial charge is 0.395 e. The highest BCUT2D eigenvalue weighted by Gasteiger charge is 2.10. The first-order valence-electron chi connectivity index (χ1n) is 6.05. The normalized spacial score (nSPS) is 11.7. The molecular weight excluding hydrogens is 230 g/mol. The average Bonchev–Trinajstić information content (AvgIpc) is 2.42. The summed E-state index contributed by atoms with van der Waals surface area (Å²) in [5.74, 6) is 0. The smallest absolute Gasteiger partial charge is 0.314 e. The van der Waals surface area contributed by atoms with Crippen LogP contribution in [0.15, 0.2) is 30.3 Å². The molecule has 0 aliphatic rings. The van der Waals surface area contributed by atoms with Gasteiger partial charge in [0.05, 0.1) is 6.61 Å². The third-order valence-corrected chi connectivity index (χ3v) is 2.78. The van der Waals surface area contributed by atoms with Crippen LogP contribution in [-0.4, -0.2) is 43.9 Å². The maximum Gasteiger partial charge on any atom is 0.314 e. The summed E-state index contributed by atoms with van der Waals surface area (Å²) in [5.41, 5.74) is 1.11. The molecular formula is C13H21N3O2. The number of hydrogen-bond donors (Lipinski definition) is 3. The Balaban J connectivity index is 2.36. The molecule has 5 heteroatoms. The highest BCUT2D eigenvalue weighted by molar-refractivity contribution is 5.73. The van der Waals surface area contributed by atoms with Crippen molar-refractivity contribution in [3.05, 3.63) is 30.3 Å². The van der Waals surface area contributed by atoms with E-state index in [2.05, 4.69) is 15.5 Å². The molecule has 2 amide bonds. The molecule has 0 aromatic heterocycles. The Bertz CT molecular complexity index is 357. The minimum Gasteiger partial charge on any atom is -0.395 e. The van der Waals surface area contributed by atoms with E-state index in [1.54, 1.807) is 0 Å². The van der Waals surface area contributed by atoms with Crippen LogP contribution in [-0.2, 0) is 0 Å². The van der Waals surface area contributed by atoms with Gasteiger partial charge in [0.25, 0.3) is 0 Å². The number of likely N-dealkylation sites (N-methyl/N-ethyl adjacent to an activating group) is 1. The van der Waals surface area contributed by atoms with Crippen molar-refractivity contribution < 1.29 is 9.90 Å². The van der Waals surface area contributed by atoms with Crippen LogP contribution in [0, 0.1) is 0 Å². The Labute approximate surface area is 108 Å². The van der Waals surface area contributed by atoms with E-state index >= 15 is 0 Å². The molecule has 0 aliphatic heterocycles. The van der Waals surface area contributed by atoms with Crippen molar-refractivity contribution in [1.82, 2.24) is 10.6 Å². The first kappa shape index (κ1) is 14.3. The summed E-state index contributed by atoms with van der Waals surface area (Å²) in [6.07, 6.45) is 0. The van der Waals surface area contributed by atoms with Crippen LogP contribution in [0.25, 0.3) is 0 Å². The van der Waals surface area contributed by atoms with Gasteiger partial charge in [-0.25, -0.2) is 4.79 Å². The van der Waals surface area contributed by atoms with Crippen molar-refractivity contribution in [3.8, 4) is 0 Å². The number of carbonyl (C=O) groups excluding carboxylic acids is 1. The fourth-order valence-electron chi connectivity index (χ4n) is 1.53. The van der Waals surface area contributed by atoms with Crippen LogP contribution in [0.2, 0.25) is 0 Å². The zero-order chi connectivity index (χ0) is 13.4. The summed E-state index contributed by atoms with van der Waals surface area (Å²) in [5, 5.41) is 13.9. The van der Waals surface area contributed by atoms with Gasteiger partial charge in [0.15, 0.2) is 0 Å². The third-order valence-electron chi connectivity index (χ3n) is 2.78. The standard InChI is InChI=1S/C13H21N3O2/c1-11(10-15-13(18)14-8-9-17)16(2)12-6-4-3-5-7-12/h3-7,11,17H,8-10H2,1-2H3,(H2,14,15,18). The van der Waals surface area contributed by atoms with E-state index in [1.807, 2.05) is 44.3 Å². The lowest BCUT2D eigenvalue weighted by atomic mass is 10.2. The quantitative estimate of drug-likeness (QED) is 0.701. The van der Waals surface area contributed by atoms with Gasteiger partial charge in [-0.15, -0.1) is 0 Å². The molecule has 0 spiro atoms. The Morgan fingerprint density at radius 2 is 2.00 bits per heavy atom. The average molecular weight is 251 g/mol. The molecule has 1 atom stereocenters. The molecule has 0 radical (unpaired) electrons. The van der Waals surface area contributed by atoms with Crippen molar-refractivity contribution in [1.29, 1.82) is 0 Å². The van der Waals surface area contributed by atoms with Gasteiger partial charge in [0.1, 0.15) is 0 Å². The predicted octanol–water partition coefficient (Wildman–Crippen LogP) is 0.803. The molecule has 100 valence electrons. The van der Waals surface area contributed by atoms with Crippen LogP contribution in [0.1, 0.15) is 6.92 Å². The van der Waals surface area contributed by atoms with E-state index in [1.165, 1.54) is 0 Å². The summed E-state index contributed by atoms with van der Waals surface area (Å²) >= 11 is 0. The summed E-state index contributed by atoms with van der Waals surface area (Å²) in [6, 6.07) is 9.94. The Kier molecular flexibility index (Phi) is 6.00. The van der Waals surface area contributed by atoms with Crippen molar-refractivity contribution in [2.24, 2.45) is 0 Å². The first-order chi connectivity index (χ1) is 8.65. The summed E-state index contributed by atoms with van der Waals surface area (Å²) in [4.78, 5) is 13.4. The molecule has 5 nitrogen and oxygen atoms in total. The number of rotatable bonds is 6. The maximum atomic E-state index is 11.3. The number of aliphatic hydroxyl groups is 1. The Morgan fingerprint density at radius 1 is 1.33 bits per heavy atom. The number of anilines is 1. The lowest BCUT2D eigenvalue weighted by molar-refractivity contribution is 0.233. The van der Waals surface area contributed by atoms with E-state index in [0.29, 0.717) is 6.54 Å². The summed E-state index contributed by atoms with van der Waals surface area (Å²) in [6.45, 7) is 2.81. The van der Waals surface area contributed by atoms with Gasteiger partial charge < -0.3 is 20.6 Å². The second-order valence-electron chi connectivity index (χ2n) is 4.16. The Hall–Kier alpha value is -1.75. The van der Waals surface area contributed by atoms with Crippen molar-refractivity contribution in [2.45, 2.75) is 13.0 Å². The van der Waals surface area contributed by atoms with Crippen LogP contribution < -0.4 is 15.5 Å². The number of urea groups is 1. The molecule has 0 saturated heterocycles. The number of hydrogen-bond acceptors (Lipinski definition) is 3. The molecule has 1 rings (SSSR count). The van der Waals surface area contributed by atoms with Gasteiger partial charge in [0.2, 0.25) is 0 Å². The van der Waals surface area contributed by atoms with Gasteiger partial charge in [-0.3, -0.25) is 0 Å². The molecule has 1 aromatic rings. The summed E-state index contributed by atoms with van der Waals surface area (Å²) in [7, 11) is 1.99. The number of benzene rings is 1. The zero-order valence-electron chi connectivity index (χ0n) is 10.9. The second-order valence-corrected chi connectivity index (χ2v) is 4.16. The third kappa shape index (κ3) is 4.63. The second kappa shape index (κ2) is 7.55. The number of para-hydroxylation sites is 1. The van der Waals surface area contributed by atoms with Gasteiger partial charge in [-0.1, -0.05) is 18.2 Å². The van der Waals surface area contributed by atoms with Crippen LogP contribution in [0.3, 0.4) is 0 Å². The van der Waals surface area contributed by atoms with Crippen molar-refractivity contribution in [3.63, 3.8) is 0 Å². The Morgan fingerprint density at radius 3 is 2.61 bits per heavy atom. The predicted molar refractivity (Wildman–Crippen MR) is 72.8 cm³/mol. The lowest BCUT2D eigenvalue weighted by Crippen LogP contribution is -2.44. The molecule has 0 aliphatic carbocycles. The monoisotopic (exact) mass is 251 g/mol. The molecule has 3 N–H and O–H groups in total. The van der Waals surface area contributed by atoms with E-state index in [0.717, 1.165) is 5.69 Å². The van der Waals surface area contributed by atoms with E-state index < -0.39 is 0 Å². The molecule has 1 aromatic carbocycles. The fourth-order valence-corrected chi connectivity index (χ4v) is 1.53. The highest BCUT2D eigenvalue weighted by Crippen LogP contribution is 2.13. The van der Waals surface area contributed by atoms with Gasteiger partial charge in [-0.05, 0) is 19.1 Å². The first-order valence-corrected chi connectivity index (χ1v) is 6.05. The fraction of sp³-hybridized carbons (Fsp3) is 0.462. The summed E-state index contributed by atoms with van der Waals surface area (Å²) < 4.78 is 0. The number of carbonyl (C=O) groups is 1. The van der Waals surface area contributed by atoms with Gasteiger partial charge in [-0.2, -0.15) is 0 Å². The molecule has 0 saturated carbocycles. The molecule has 0 fully saturated rings. The molecule has 1 unspecified atom stereocenters. The number of nitrogens with one attached hydrogen (secondary N) is 2. The zero-order valence-corrected chi connectivity index (χ0v) is 10.9. The van der Waals surface area contributed by atoms with Crippen LogP contribution in [0.5, 0.6) is 0 Å². The molecule has 0 heterocycles. The van der Waals surface area contributed by atoms with E-state index in [9.17, 15) is 4.79 Å². The maximum absolute atomic E-state index is 11.3. The number of aliphatic hydroxyl groups excluding tert-OH is 1. The SMILES string of the molecule is CC(CNC(=O)NCCO)N(C)c1ccccc1. The van der Waals surface area contributed by atoms with Crippen LogP contribution in [0.4, 0.5) is 10.5 Å². The van der Waals surface area contributed by atoms with Gasteiger partial charge in [0, 0.05) is 31.9 Å². The molecule has 0 bridgehead atoms. The van der Waals surface area contributed by atoms with E-state index in [-0.39, 0.29) is 25.2 Å². The minimum absolute atomic E-state index is 0.0487. The number of amides is 2. The minimum atomic E-state index is -0.252. The topological polar surface area (TPSA) is 64.6 Å².